The third-order valence-corrected chi connectivity index (χ3v) is 3.17. The predicted octanol–water partition coefficient (Wildman–Crippen LogP) is 1.44. The fraction of sp³-hybridized carbons (Fsp3) is 0.545. The van der Waals surface area contributed by atoms with Gasteiger partial charge in [-0.3, -0.25) is 4.79 Å². The Kier molecular flexibility index (Phi) is 5.18. The first-order valence-corrected chi connectivity index (χ1v) is 6.70. The van der Waals surface area contributed by atoms with E-state index in [1.165, 1.54) is 6.20 Å². The fourth-order valence-corrected chi connectivity index (χ4v) is 2.02. The second-order valence-corrected chi connectivity index (χ2v) is 4.75. The first-order valence-electron chi connectivity index (χ1n) is 5.94. The first kappa shape index (κ1) is 14.3. The van der Waals surface area contributed by atoms with E-state index in [0.717, 1.165) is 0 Å². The van der Waals surface area contributed by atoms with Crippen molar-refractivity contribution in [1.82, 2.24) is 14.9 Å². The molecule has 0 unspecified atom stereocenters. The molecule has 1 aromatic rings. The van der Waals surface area contributed by atoms with Crippen LogP contribution < -0.4 is 5.32 Å². The topological polar surface area (TPSA) is 67.4 Å². The van der Waals surface area contributed by atoms with Gasteiger partial charge in [-0.05, 0) is 11.6 Å². The van der Waals surface area contributed by atoms with Crippen molar-refractivity contribution in [1.29, 1.82) is 0 Å². The normalized spacial score (nSPS) is 15.4. The van der Waals surface area contributed by atoms with Crippen LogP contribution in [-0.2, 0) is 9.53 Å². The Morgan fingerprint density at radius 1 is 1.42 bits per heavy atom. The van der Waals surface area contributed by atoms with Crippen LogP contribution in [0.25, 0.3) is 0 Å². The minimum Gasteiger partial charge on any atom is -0.378 e. The van der Waals surface area contributed by atoms with E-state index in [-0.39, 0.29) is 11.2 Å². The quantitative estimate of drug-likeness (QED) is 0.853. The number of morpholine rings is 1. The summed E-state index contributed by atoms with van der Waals surface area (Å²) in [5, 5.41) is 3.47. The van der Waals surface area contributed by atoms with E-state index >= 15 is 0 Å². The van der Waals surface area contributed by atoms with E-state index in [1.807, 2.05) is 0 Å². The summed E-state index contributed by atoms with van der Waals surface area (Å²) in [5.74, 6) is 0.531. The fourth-order valence-electron chi connectivity index (χ4n) is 1.73. The van der Waals surface area contributed by atoms with Gasteiger partial charge in [0.15, 0.2) is 0 Å². The lowest BCUT2D eigenvalue weighted by atomic mass is 10.3. The van der Waals surface area contributed by atoms with Gasteiger partial charge in [-0.15, -0.1) is 0 Å². The second-order valence-electron chi connectivity index (χ2n) is 4.01. The van der Waals surface area contributed by atoms with Crippen molar-refractivity contribution < 1.29 is 9.53 Å². The standard InChI is InChI=1S/C11H14Cl2N4O2/c12-8-7-15-11(13)16-10(8)14-2-1-9(18)17-3-5-19-6-4-17/h7H,1-6H2,(H,14,15,16). The molecular formula is C11H14Cl2N4O2. The van der Waals surface area contributed by atoms with E-state index in [0.29, 0.717) is 50.1 Å². The number of carbonyl (C=O) groups excluding carboxylic acids is 1. The molecule has 1 saturated heterocycles. The van der Waals surface area contributed by atoms with Crippen LogP contribution in [0, 0.1) is 0 Å². The van der Waals surface area contributed by atoms with Crippen LogP contribution in [-0.4, -0.2) is 53.6 Å². The predicted molar refractivity (Wildman–Crippen MR) is 72.6 cm³/mol. The molecule has 1 aromatic heterocycles. The van der Waals surface area contributed by atoms with Crippen molar-refractivity contribution in [2.24, 2.45) is 0 Å². The van der Waals surface area contributed by atoms with Crippen LogP contribution in [0.5, 0.6) is 0 Å². The Labute approximate surface area is 121 Å². The van der Waals surface area contributed by atoms with Gasteiger partial charge < -0.3 is 15.0 Å². The van der Waals surface area contributed by atoms with E-state index in [1.54, 1.807) is 4.90 Å². The zero-order valence-electron chi connectivity index (χ0n) is 10.2. The highest BCUT2D eigenvalue weighted by atomic mass is 35.5. The zero-order valence-corrected chi connectivity index (χ0v) is 11.7. The molecule has 0 spiro atoms. The van der Waals surface area contributed by atoms with Crippen molar-refractivity contribution in [3.05, 3.63) is 16.5 Å². The molecule has 0 bridgehead atoms. The van der Waals surface area contributed by atoms with Crippen LogP contribution in [0.4, 0.5) is 5.82 Å². The molecular weight excluding hydrogens is 291 g/mol. The smallest absolute Gasteiger partial charge is 0.224 e. The number of anilines is 1. The molecule has 6 nitrogen and oxygen atoms in total. The molecule has 0 saturated carbocycles. The number of ether oxygens (including phenoxy) is 1. The lowest BCUT2D eigenvalue weighted by molar-refractivity contribution is -0.134. The molecule has 19 heavy (non-hydrogen) atoms. The van der Waals surface area contributed by atoms with Crippen molar-refractivity contribution in [3.63, 3.8) is 0 Å². The Morgan fingerprint density at radius 3 is 2.89 bits per heavy atom. The van der Waals surface area contributed by atoms with Gasteiger partial charge in [-0.1, -0.05) is 11.6 Å². The molecule has 0 radical (unpaired) electrons. The van der Waals surface area contributed by atoms with Crippen LogP contribution >= 0.6 is 23.2 Å². The third-order valence-electron chi connectivity index (χ3n) is 2.71. The van der Waals surface area contributed by atoms with Crippen molar-refractivity contribution >= 4 is 34.9 Å². The van der Waals surface area contributed by atoms with Crippen molar-refractivity contribution in [2.75, 3.05) is 38.2 Å². The van der Waals surface area contributed by atoms with Gasteiger partial charge in [0.2, 0.25) is 11.2 Å². The van der Waals surface area contributed by atoms with Crippen LogP contribution in [0.2, 0.25) is 10.3 Å². The Bertz CT molecular complexity index is 452. The second kappa shape index (κ2) is 6.88. The van der Waals surface area contributed by atoms with Gasteiger partial charge in [0.05, 0.1) is 19.4 Å². The van der Waals surface area contributed by atoms with Crippen molar-refractivity contribution in [2.45, 2.75) is 6.42 Å². The van der Waals surface area contributed by atoms with Crippen LogP contribution in [0.15, 0.2) is 6.20 Å². The molecule has 0 aliphatic carbocycles. The highest BCUT2D eigenvalue weighted by Crippen LogP contribution is 2.19. The largest absolute Gasteiger partial charge is 0.378 e. The molecule has 104 valence electrons. The summed E-state index contributed by atoms with van der Waals surface area (Å²) in [6.45, 7) is 2.96. The number of halogens is 2. The summed E-state index contributed by atoms with van der Waals surface area (Å²) >= 11 is 11.6. The maximum Gasteiger partial charge on any atom is 0.224 e. The molecule has 1 amide bonds. The third kappa shape index (κ3) is 4.19. The van der Waals surface area contributed by atoms with E-state index < -0.39 is 0 Å². The number of aromatic nitrogens is 2. The first-order chi connectivity index (χ1) is 9.16. The number of amides is 1. The summed E-state index contributed by atoms with van der Waals surface area (Å²) in [6, 6.07) is 0. The van der Waals surface area contributed by atoms with E-state index in [9.17, 15) is 4.79 Å². The van der Waals surface area contributed by atoms with Gasteiger partial charge in [0.1, 0.15) is 10.8 Å². The molecule has 1 N–H and O–H groups in total. The zero-order chi connectivity index (χ0) is 13.7. The van der Waals surface area contributed by atoms with Gasteiger partial charge in [0, 0.05) is 26.1 Å². The highest BCUT2D eigenvalue weighted by molar-refractivity contribution is 6.33. The van der Waals surface area contributed by atoms with Gasteiger partial charge in [0.25, 0.3) is 0 Å². The maximum absolute atomic E-state index is 11.9. The Balaban J connectivity index is 1.79. The molecule has 0 aromatic carbocycles. The molecule has 1 aliphatic rings. The monoisotopic (exact) mass is 304 g/mol. The summed E-state index contributed by atoms with van der Waals surface area (Å²) in [7, 11) is 0. The number of nitrogens with one attached hydrogen (secondary N) is 1. The Hall–Kier alpha value is -1.11. The average Bonchev–Trinajstić information content (AvgIpc) is 2.43. The number of nitrogens with zero attached hydrogens (tertiary/aromatic N) is 3. The summed E-state index contributed by atoms with van der Waals surface area (Å²) in [5.41, 5.74) is 0. The highest BCUT2D eigenvalue weighted by Gasteiger charge is 2.16. The molecule has 8 heteroatoms. The van der Waals surface area contributed by atoms with E-state index in [4.69, 9.17) is 27.9 Å². The SMILES string of the molecule is O=C(CCNc1nc(Cl)ncc1Cl)N1CCOCC1. The minimum atomic E-state index is 0.0899. The minimum absolute atomic E-state index is 0.0899. The molecule has 1 aliphatic heterocycles. The number of hydrogen-bond acceptors (Lipinski definition) is 5. The molecule has 0 atom stereocenters. The van der Waals surface area contributed by atoms with Crippen LogP contribution in [0.3, 0.4) is 0 Å². The lowest BCUT2D eigenvalue weighted by Crippen LogP contribution is -2.41. The number of carbonyl (C=O) groups is 1. The van der Waals surface area contributed by atoms with Crippen molar-refractivity contribution in [3.8, 4) is 0 Å². The molecule has 2 rings (SSSR count). The van der Waals surface area contributed by atoms with E-state index in [2.05, 4.69) is 15.3 Å². The van der Waals surface area contributed by atoms with Gasteiger partial charge in [-0.25, -0.2) is 4.98 Å². The number of hydrogen-bond donors (Lipinski definition) is 1. The van der Waals surface area contributed by atoms with Gasteiger partial charge >= 0.3 is 0 Å². The Morgan fingerprint density at radius 2 is 2.16 bits per heavy atom. The average molecular weight is 305 g/mol. The number of rotatable bonds is 4. The summed E-state index contributed by atoms with van der Waals surface area (Å²) in [4.78, 5) is 21.4. The summed E-state index contributed by atoms with van der Waals surface area (Å²) < 4.78 is 5.19. The summed E-state index contributed by atoms with van der Waals surface area (Å²) in [6.07, 6.45) is 1.79. The van der Waals surface area contributed by atoms with Crippen LogP contribution in [0.1, 0.15) is 6.42 Å². The van der Waals surface area contributed by atoms with Gasteiger partial charge in [-0.2, -0.15) is 4.98 Å². The maximum atomic E-state index is 11.9. The molecule has 1 fully saturated rings. The molecule has 2 heterocycles. The lowest BCUT2D eigenvalue weighted by Gasteiger charge is -2.26.